The summed E-state index contributed by atoms with van der Waals surface area (Å²) in [6.07, 6.45) is 2.43. The second-order valence-corrected chi connectivity index (χ2v) is 12.7. The van der Waals surface area contributed by atoms with Crippen LogP contribution in [0.5, 0.6) is 0 Å². The van der Waals surface area contributed by atoms with Crippen LogP contribution in [-0.4, -0.2) is 61.7 Å². The Morgan fingerprint density at radius 3 is 2.56 bits per heavy atom. The van der Waals surface area contributed by atoms with Crippen LogP contribution in [0.3, 0.4) is 0 Å². The summed E-state index contributed by atoms with van der Waals surface area (Å²) in [5.74, 6) is 1.45. The third-order valence-electron chi connectivity index (χ3n) is 7.04. The molecular weight excluding hydrogens is 516 g/mol. The van der Waals surface area contributed by atoms with Crippen molar-refractivity contribution in [3.8, 4) is 11.4 Å². The number of anilines is 2. The first-order valence-electron chi connectivity index (χ1n) is 13.2. The molecule has 2 amide bonds. The van der Waals surface area contributed by atoms with Gasteiger partial charge in [0.25, 0.3) is 0 Å². The Labute approximate surface area is 229 Å². The third-order valence-corrected chi connectivity index (χ3v) is 9.48. The molecule has 3 aromatic rings. The standard InChI is InChI=1S/C28H34N6O4S/c1-19(2)17-30-27(35)31-22-9-7-21(8-10-22)26-32-23(16-24(33-26)34-14-15-38-18-20(34)3)28(11-12-28)39(36,37)25-6-4-5-13-29-25/h4-10,13,16,19-20H,11-12,14-15,17-18H2,1-3H3,(H2,30,31,35)/t20-/m0/s1. The van der Waals surface area contributed by atoms with E-state index < -0.39 is 14.6 Å². The number of pyridine rings is 1. The van der Waals surface area contributed by atoms with E-state index in [-0.39, 0.29) is 17.1 Å². The monoisotopic (exact) mass is 550 g/mol. The highest BCUT2D eigenvalue weighted by molar-refractivity contribution is 7.92. The predicted molar refractivity (Wildman–Crippen MR) is 149 cm³/mol. The van der Waals surface area contributed by atoms with Crippen molar-refractivity contribution < 1.29 is 17.9 Å². The van der Waals surface area contributed by atoms with E-state index in [0.717, 1.165) is 5.56 Å². The fraction of sp³-hybridized carbons (Fsp3) is 0.429. The van der Waals surface area contributed by atoms with Crippen molar-refractivity contribution in [3.05, 3.63) is 60.4 Å². The van der Waals surface area contributed by atoms with E-state index in [0.29, 0.717) is 68.1 Å². The van der Waals surface area contributed by atoms with Gasteiger partial charge in [0, 0.05) is 36.6 Å². The van der Waals surface area contributed by atoms with Crippen LogP contribution < -0.4 is 15.5 Å². The maximum Gasteiger partial charge on any atom is 0.319 e. The van der Waals surface area contributed by atoms with Crippen molar-refractivity contribution in [2.45, 2.75) is 49.4 Å². The van der Waals surface area contributed by atoms with Gasteiger partial charge in [-0.15, -0.1) is 0 Å². The Morgan fingerprint density at radius 1 is 1.15 bits per heavy atom. The summed E-state index contributed by atoms with van der Waals surface area (Å²) in [6, 6.07) is 13.8. The van der Waals surface area contributed by atoms with Gasteiger partial charge in [0.2, 0.25) is 9.84 Å². The number of ether oxygens (including phenoxy) is 1. The number of urea groups is 1. The van der Waals surface area contributed by atoms with Crippen molar-refractivity contribution in [2.24, 2.45) is 5.92 Å². The number of aromatic nitrogens is 3. The van der Waals surface area contributed by atoms with Crippen LogP contribution in [-0.2, 0) is 19.3 Å². The van der Waals surface area contributed by atoms with Crippen molar-refractivity contribution in [3.63, 3.8) is 0 Å². The number of nitrogens with one attached hydrogen (secondary N) is 2. The fourth-order valence-electron chi connectivity index (χ4n) is 4.67. The zero-order valence-electron chi connectivity index (χ0n) is 22.4. The minimum absolute atomic E-state index is 0.0510. The molecule has 10 nitrogen and oxygen atoms in total. The summed E-state index contributed by atoms with van der Waals surface area (Å²) < 4.78 is 32.0. The molecule has 1 saturated heterocycles. The number of benzene rings is 1. The highest BCUT2D eigenvalue weighted by Crippen LogP contribution is 2.54. The summed E-state index contributed by atoms with van der Waals surface area (Å²) in [4.78, 5) is 28.1. The molecule has 1 atom stereocenters. The number of carbonyl (C=O) groups excluding carboxylic acids is 1. The average Bonchev–Trinajstić information content (AvgIpc) is 3.76. The first-order valence-corrected chi connectivity index (χ1v) is 14.7. The van der Waals surface area contributed by atoms with Crippen LogP contribution in [0.4, 0.5) is 16.3 Å². The van der Waals surface area contributed by atoms with Gasteiger partial charge in [0.1, 0.15) is 10.6 Å². The molecule has 1 saturated carbocycles. The lowest BCUT2D eigenvalue weighted by atomic mass is 10.1. The number of hydrogen-bond donors (Lipinski definition) is 2. The lowest BCUT2D eigenvalue weighted by Crippen LogP contribution is -2.44. The quantitative estimate of drug-likeness (QED) is 0.431. The van der Waals surface area contributed by atoms with Gasteiger partial charge in [-0.25, -0.2) is 28.2 Å². The molecule has 5 rings (SSSR count). The van der Waals surface area contributed by atoms with Crippen LogP contribution in [0.25, 0.3) is 11.4 Å². The molecule has 2 aliphatic rings. The molecular formula is C28H34N6O4S. The van der Waals surface area contributed by atoms with Crippen molar-refractivity contribution >= 4 is 27.4 Å². The van der Waals surface area contributed by atoms with Gasteiger partial charge in [0.05, 0.1) is 24.9 Å². The van der Waals surface area contributed by atoms with Crippen molar-refractivity contribution in [2.75, 3.05) is 36.5 Å². The fourth-order valence-corrected chi connectivity index (χ4v) is 6.55. The highest BCUT2D eigenvalue weighted by atomic mass is 32.2. The molecule has 0 spiro atoms. The second-order valence-electron chi connectivity index (χ2n) is 10.5. The molecule has 0 bridgehead atoms. The van der Waals surface area contributed by atoms with E-state index in [9.17, 15) is 13.2 Å². The maximum atomic E-state index is 13.8. The zero-order valence-corrected chi connectivity index (χ0v) is 23.2. The van der Waals surface area contributed by atoms with Crippen LogP contribution in [0.1, 0.15) is 39.3 Å². The average molecular weight is 551 g/mol. The van der Waals surface area contributed by atoms with Crippen LogP contribution in [0, 0.1) is 5.92 Å². The highest BCUT2D eigenvalue weighted by Gasteiger charge is 2.58. The number of amides is 2. The van der Waals surface area contributed by atoms with Gasteiger partial charge in [-0.2, -0.15) is 0 Å². The lowest BCUT2D eigenvalue weighted by Gasteiger charge is -2.34. The summed E-state index contributed by atoms with van der Waals surface area (Å²) in [5.41, 5.74) is 1.83. The second kappa shape index (κ2) is 10.9. The number of carbonyl (C=O) groups is 1. The van der Waals surface area contributed by atoms with Crippen molar-refractivity contribution in [1.29, 1.82) is 0 Å². The number of nitrogens with zero attached hydrogens (tertiary/aromatic N) is 4. The Balaban J connectivity index is 1.51. The zero-order chi connectivity index (χ0) is 27.6. The predicted octanol–water partition coefficient (Wildman–Crippen LogP) is 4.00. The molecule has 1 aliphatic heterocycles. The van der Waals surface area contributed by atoms with Gasteiger partial charge in [-0.1, -0.05) is 19.9 Å². The summed E-state index contributed by atoms with van der Waals surface area (Å²) in [7, 11) is -3.77. The van der Waals surface area contributed by atoms with E-state index in [1.54, 1.807) is 24.3 Å². The molecule has 2 fully saturated rings. The van der Waals surface area contributed by atoms with Gasteiger partial charge < -0.3 is 20.3 Å². The Hall–Kier alpha value is -3.57. The van der Waals surface area contributed by atoms with E-state index in [1.807, 2.05) is 32.0 Å². The largest absolute Gasteiger partial charge is 0.377 e. The summed E-state index contributed by atoms with van der Waals surface area (Å²) in [6.45, 7) is 8.47. The summed E-state index contributed by atoms with van der Waals surface area (Å²) in [5, 5.41) is 5.71. The van der Waals surface area contributed by atoms with Crippen LogP contribution >= 0.6 is 0 Å². The van der Waals surface area contributed by atoms with E-state index in [4.69, 9.17) is 14.7 Å². The molecule has 11 heteroatoms. The molecule has 0 radical (unpaired) electrons. The van der Waals surface area contributed by atoms with E-state index in [1.165, 1.54) is 12.3 Å². The summed E-state index contributed by atoms with van der Waals surface area (Å²) >= 11 is 0. The van der Waals surface area contributed by atoms with E-state index in [2.05, 4.69) is 27.4 Å². The first-order chi connectivity index (χ1) is 18.7. The Kier molecular flexibility index (Phi) is 7.55. The maximum absolute atomic E-state index is 13.8. The first kappa shape index (κ1) is 27.0. The Bertz CT molecular complexity index is 1430. The molecule has 2 aromatic heterocycles. The van der Waals surface area contributed by atoms with Gasteiger partial charge in [0.15, 0.2) is 10.9 Å². The number of rotatable bonds is 8. The van der Waals surface area contributed by atoms with Gasteiger partial charge >= 0.3 is 6.03 Å². The molecule has 0 unspecified atom stereocenters. The molecule has 39 heavy (non-hydrogen) atoms. The van der Waals surface area contributed by atoms with Crippen LogP contribution in [0.15, 0.2) is 59.8 Å². The smallest absolute Gasteiger partial charge is 0.319 e. The Morgan fingerprint density at radius 2 is 1.92 bits per heavy atom. The normalized spacial score (nSPS) is 18.6. The molecule has 206 valence electrons. The van der Waals surface area contributed by atoms with Gasteiger partial charge in [-0.05, 0) is 62.1 Å². The molecule has 3 heterocycles. The lowest BCUT2D eigenvalue weighted by molar-refractivity contribution is 0.0985. The van der Waals surface area contributed by atoms with Crippen molar-refractivity contribution in [1.82, 2.24) is 20.3 Å². The SMILES string of the molecule is CC(C)CNC(=O)Nc1ccc(-c2nc(N3CCOC[C@@H]3C)cc(C3(S(=O)(=O)c4ccccn4)CC3)n2)cc1. The topological polar surface area (TPSA) is 126 Å². The number of morpholine rings is 1. The number of sulfone groups is 1. The minimum atomic E-state index is -3.77. The molecule has 1 aromatic carbocycles. The number of hydrogen-bond acceptors (Lipinski definition) is 8. The molecule has 2 N–H and O–H groups in total. The van der Waals surface area contributed by atoms with E-state index >= 15 is 0 Å². The minimum Gasteiger partial charge on any atom is -0.377 e. The molecule has 1 aliphatic carbocycles. The van der Waals surface area contributed by atoms with Gasteiger partial charge in [-0.3, -0.25) is 0 Å². The third kappa shape index (κ3) is 5.60. The van der Waals surface area contributed by atoms with Crippen LogP contribution in [0.2, 0.25) is 0 Å².